The quantitative estimate of drug-likeness (QED) is 0.168. The second-order valence-electron chi connectivity index (χ2n) is 11.5. The van der Waals surface area contributed by atoms with Crippen LogP contribution in [0.4, 0.5) is 5.69 Å². The van der Waals surface area contributed by atoms with E-state index in [1.807, 2.05) is 49.4 Å². The highest BCUT2D eigenvalue weighted by Crippen LogP contribution is 2.30. The molecule has 0 saturated carbocycles. The minimum Gasteiger partial charge on any atom is -0.422 e. The second-order valence-corrected chi connectivity index (χ2v) is 13.1. The molecule has 7 heteroatoms. The van der Waals surface area contributed by atoms with Gasteiger partial charge in [0.1, 0.15) is 11.4 Å². The number of rotatable bonds is 10. The lowest BCUT2D eigenvalue weighted by atomic mass is 9.78. The van der Waals surface area contributed by atoms with E-state index in [2.05, 4.69) is 31.2 Å². The molecule has 0 aliphatic heterocycles. The van der Waals surface area contributed by atoms with E-state index in [1.54, 1.807) is 36.4 Å². The summed E-state index contributed by atoms with van der Waals surface area (Å²) in [5.41, 5.74) is 4.74. The first-order valence-electron chi connectivity index (χ1n) is 13.9. The Labute approximate surface area is 251 Å². The summed E-state index contributed by atoms with van der Waals surface area (Å²) in [6, 6.07) is 30.1. The predicted molar refractivity (Wildman–Crippen MR) is 173 cm³/mol. The molecule has 1 aromatic heterocycles. The molecule has 6 nitrogen and oxygen atoms in total. The van der Waals surface area contributed by atoms with Crippen molar-refractivity contribution in [3.05, 3.63) is 137 Å². The average Bonchev–Trinajstić information content (AvgIpc) is 2.97. The van der Waals surface area contributed by atoms with Crippen molar-refractivity contribution < 1.29 is 17.6 Å². The summed E-state index contributed by atoms with van der Waals surface area (Å²) in [7, 11) is -3.78. The predicted octanol–water partition coefficient (Wildman–Crippen LogP) is 7.77. The fourth-order valence-electron chi connectivity index (χ4n) is 5.08. The molecule has 0 radical (unpaired) electrons. The van der Waals surface area contributed by atoms with Crippen LogP contribution in [0.15, 0.2) is 124 Å². The number of carbonyl (C=O) groups excluding carboxylic acids is 1. The fourth-order valence-corrected chi connectivity index (χ4v) is 6.15. The summed E-state index contributed by atoms with van der Waals surface area (Å²) in [5.74, 6) is 0.127. The average molecular weight is 592 g/mol. The van der Waals surface area contributed by atoms with Crippen molar-refractivity contribution in [2.75, 3.05) is 4.72 Å². The van der Waals surface area contributed by atoms with E-state index in [1.165, 1.54) is 18.2 Å². The Hall–Kier alpha value is -4.75. The highest BCUT2D eigenvalue weighted by Gasteiger charge is 2.25. The van der Waals surface area contributed by atoms with Crippen molar-refractivity contribution in [3.63, 3.8) is 0 Å². The minimum atomic E-state index is -3.78. The normalized spacial score (nSPS) is 11.8. The molecule has 5 rings (SSSR count). The van der Waals surface area contributed by atoms with Crippen LogP contribution >= 0.6 is 0 Å². The topological polar surface area (TPSA) is 93.4 Å². The Morgan fingerprint density at radius 1 is 0.884 bits per heavy atom. The summed E-state index contributed by atoms with van der Waals surface area (Å²) in [4.78, 5) is 26.1. The summed E-state index contributed by atoms with van der Waals surface area (Å²) in [6.45, 7) is 10.1. The first-order chi connectivity index (χ1) is 20.4. The SMILES string of the molecule is C=C(C)c1cccc(C(C)(C)CC(=O)Cc2ccc(-c3cc4ccc(NS(=O)(=O)c5ccccc5)cc4oc3=O)cc2)c1. The first-order valence-corrected chi connectivity index (χ1v) is 15.4. The second kappa shape index (κ2) is 11.9. The maximum atomic E-state index is 13.0. The van der Waals surface area contributed by atoms with Gasteiger partial charge in [0.15, 0.2) is 0 Å². The molecule has 43 heavy (non-hydrogen) atoms. The van der Waals surface area contributed by atoms with Crippen molar-refractivity contribution >= 4 is 38.0 Å². The van der Waals surface area contributed by atoms with Gasteiger partial charge < -0.3 is 4.42 Å². The lowest BCUT2D eigenvalue weighted by molar-refractivity contribution is -0.119. The molecule has 1 heterocycles. The van der Waals surface area contributed by atoms with Gasteiger partial charge in [0.2, 0.25) is 0 Å². The van der Waals surface area contributed by atoms with Crippen molar-refractivity contribution in [2.45, 2.75) is 43.9 Å². The van der Waals surface area contributed by atoms with Gasteiger partial charge in [-0.3, -0.25) is 9.52 Å². The number of hydrogen-bond donors (Lipinski definition) is 1. The number of sulfonamides is 1. The molecule has 0 amide bonds. The van der Waals surface area contributed by atoms with Crippen LogP contribution in [0.5, 0.6) is 0 Å². The van der Waals surface area contributed by atoms with Gasteiger partial charge in [-0.2, -0.15) is 0 Å². The lowest BCUT2D eigenvalue weighted by Crippen LogP contribution is -2.23. The third kappa shape index (κ3) is 6.84. The zero-order chi connectivity index (χ0) is 30.8. The molecule has 0 spiro atoms. The fraction of sp³-hybridized carbons (Fsp3) is 0.167. The Kier molecular flexibility index (Phi) is 8.20. The lowest BCUT2D eigenvalue weighted by Gasteiger charge is -2.25. The first kappa shape index (κ1) is 29.7. The maximum absolute atomic E-state index is 13.0. The summed E-state index contributed by atoms with van der Waals surface area (Å²) >= 11 is 0. The molecular weight excluding hydrogens is 558 g/mol. The third-order valence-corrected chi connectivity index (χ3v) is 8.88. The van der Waals surface area contributed by atoms with Gasteiger partial charge >= 0.3 is 5.63 Å². The van der Waals surface area contributed by atoms with Crippen molar-refractivity contribution in [1.29, 1.82) is 0 Å². The Morgan fingerprint density at radius 2 is 1.60 bits per heavy atom. The van der Waals surface area contributed by atoms with Gasteiger partial charge in [0.25, 0.3) is 10.0 Å². The van der Waals surface area contributed by atoms with Crippen LogP contribution in [-0.2, 0) is 26.7 Å². The van der Waals surface area contributed by atoms with E-state index in [9.17, 15) is 18.0 Å². The minimum absolute atomic E-state index is 0.127. The Balaban J connectivity index is 1.29. The molecule has 0 aliphatic rings. The zero-order valence-electron chi connectivity index (χ0n) is 24.4. The largest absolute Gasteiger partial charge is 0.422 e. The summed E-state index contributed by atoms with van der Waals surface area (Å²) in [6.07, 6.45) is 0.685. The van der Waals surface area contributed by atoms with Crippen molar-refractivity contribution in [1.82, 2.24) is 0 Å². The maximum Gasteiger partial charge on any atom is 0.344 e. The van der Waals surface area contributed by atoms with Gasteiger partial charge in [-0.25, -0.2) is 13.2 Å². The van der Waals surface area contributed by atoms with E-state index in [4.69, 9.17) is 4.42 Å². The molecule has 0 atom stereocenters. The smallest absolute Gasteiger partial charge is 0.344 e. The molecule has 0 aliphatic carbocycles. The number of nitrogens with one attached hydrogen (secondary N) is 1. The molecule has 0 fully saturated rings. The van der Waals surface area contributed by atoms with Crippen molar-refractivity contribution in [3.8, 4) is 11.1 Å². The number of benzene rings is 4. The van der Waals surface area contributed by atoms with Gasteiger partial charge in [-0.1, -0.05) is 92.7 Å². The Morgan fingerprint density at radius 3 is 2.30 bits per heavy atom. The molecule has 218 valence electrons. The number of hydrogen-bond acceptors (Lipinski definition) is 5. The van der Waals surface area contributed by atoms with E-state index in [0.717, 1.165) is 22.3 Å². The highest BCUT2D eigenvalue weighted by atomic mass is 32.2. The number of carbonyl (C=O) groups is 1. The van der Waals surface area contributed by atoms with Crippen molar-refractivity contribution in [2.24, 2.45) is 0 Å². The number of allylic oxidation sites excluding steroid dienone is 1. The molecular formula is C36H33NO5S. The molecule has 0 unspecified atom stereocenters. The number of anilines is 1. The van der Waals surface area contributed by atoms with Gasteiger partial charge in [-0.15, -0.1) is 0 Å². The number of fused-ring (bicyclic) bond motifs is 1. The molecule has 5 aromatic rings. The highest BCUT2D eigenvalue weighted by molar-refractivity contribution is 7.92. The van der Waals surface area contributed by atoms with Crippen LogP contribution < -0.4 is 10.3 Å². The van der Waals surface area contributed by atoms with E-state index in [-0.39, 0.29) is 33.8 Å². The van der Waals surface area contributed by atoms with E-state index >= 15 is 0 Å². The van der Waals surface area contributed by atoms with Gasteiger partial charge in [0.05, 0.1) is 16.1 Å². The zero-order valence-corrected chi connectivity index (χ0v) is 25.2. The van der Waals surface area contributed by atoms with Crippen LogP contribution in [0.25, 0.3) is 27.7 Å². The van der Waals surface area contributed by atoms with Crippen LogP contribution in [-0.4, -0.2) is 14.2 Å². The molecule has 0 bridgehead atoms. The number of Topliss-reactive ketones (excluding diaryl/α,β-unsaturated/α-hetero) is 1. The standard InChI is InChI=1S/C36H33NO5S/c1-24(2)27-9-8-10-29(20-27)36(3,4)23-31(38)19-25-13-15-26(16-14-25)33-21-28-17-18-30(22-34(28)42-35(33)39)37-43(40,41)32-11-6-5-7-12-32/h5-18,20-22,37H,1,19,23H2,2-4H3. The van der Waals surface area contributed by atoms with Crippen LogP contribution in [0.1, 0.15) is 43.9 Å². The molecule has 1 N–H and O–H groups in total. The van der Waals surface area contributed by atoms with E-state index < -0.39 is 15.6 Å². The van der Waals surface area contributed by atoms with Gasteiger partial charge in [-0.05, 0) is 64.9 Å². The van der Waals surface area contributed by atoms with Gasteiger partial charge in [0, 0.05) is 24.3 Å². The summed E-state index contributed by atoms with van der Waals surface area (Å²) in [5, 5.41) is 0.648. The Bertz CT molecular complexity index is 1990. The molecule has 4 aromatic carbocycles. The van der Waals surface area contributed by atoms with E-state index in [0.29, 0.717) is 22.9 Å². The van der Waals surface area contributed by atoms with Crippen LogP contribution in [0, 0.1) is 0 Å². The monoisotopic (exact) mass is 591 g/mol. The van der Waals surface area contributed by atoms with Crippen LogP contribution in [0.3, 0.4) is 0 Å². The third-order valence-electron chi connectivity index (χ3n) is 7.48. The van der Waals surface area contributed by atoms with Crippen LogP contribution in [0.2, 0.25) is 0 Å². The molecule has 0 saturated heterocycles. The summed E-state index contributed by atoms with van der Waals surface area (Å²) < 4.78 is 33.5. The number of ketones is 1.